The minimum absolute atomic E-state index is 0.0675. The average Bonchev–Trinajstić information content (AvgIpc) is 3.27. The Labute approximate surface area is 373 Å². The molecular weight excluding hydrogens is 904 g/mol. The molecular formula is C42H40O25. The maximum Gasteiger partial charge on any atom is 0.335 e. The van der Waals surface area contributed by atoms with Gasteiger partial charge in [-0.3, -0.25) is 4.79 Å². The van der Waals surface area contributed by atoms with Crippen molar-refractivity contribution in [3.8, 4) is 34.3 Å². The molecule has 4 heterocycles. The summed E-state index contributed by atoms with van der Waals surface area (Å²) in [5, 5.41) is 123. The lowest BCUT2D eigenvalue weighted by Gasteiger charge is -2.45. The van der Waals surface area contributed by atoms with Gasteiger partial charge in [0, 0.05) is 29.8 Å². The third-order valence-corrected chi connectivity index (χ3v) is 10.7. The van der Waals surface area contributed by atoms with E-state index in [1.54, 1.807) is 0 Å². The number of aliphatic carboxylic acids is 3. The number of hydrogen-bond acceptors (Lipinski definition) is 22. The van der Waals surface area contributed by atoms with E-state index in [0.29, 0.717) is 5.56 Å². The first-order valence-electron chi connectivity index (χ1n) is 19.7. The number of carbonyl (C=O) groups is 4. The van der Waals surface area contributed by atoms with E-state index in [4.69, 9.17) is 37.6 Å². The molecule has 7 rings (SSSR count). The number of carboxylic acids is 3. The first-order chi connectivity index (χ1) is 31.7. The first kappa shape index (κ1) is 48.2. The van der Waals surface area contributed by atoms with Gasteiger partial charge in [0.25, 0.3) is 0 Å². The first-order valence-corrected chi connectivity index (χ1v) is 19.7. The highest BCUT2D eigenvalue weighted by Gasteiger charge is 2.55. The number of esters is 1. The molecule has 3 saturated heterocycles. The van der Waals surface area contributed by atoms with Crippen molar-refractivity contribution in [3.05, 3.63) is 88.6 Å². The Balaban J connectivity index is 1.13. The molecule has 358 valence electrons. The Morgan fingerprint density at radius 3 is 1.70 bits per heavy atom. The number of benzene rings is 3. The molecule has 67 heavy (non-hydrogen) atoms. The zero-order valence-corrected chi connectivity index (χ0v) is 33.8. The molecule has 1 aromatic heterocycles. The molecule has 25 heteroatoms. The number of aromatic hydroxyl groups is 2. The van der Waals surface area contributed by atoms with Gasteiger partial charge in [0.1, 0.15) is 82.5 Å². The van der Waals surface area contributed by atoms with Gasteiger partial charge >= 0.3 is 23.9 Å². The number of carboxylic acid groups (broad SMARTS) is 3. The molecule has 4 aromatic rings. The summed E-state index contributed by atoms with van der Waals surface area (Å²) in [6.45, 7) is 0. The second-order valence-corrected chi connectivity index (χ2v) is 15.2. The van der Waals surface area contributed by atoms with Crippen LogP contribution in [0.1, 0.15) is 5.56 Å². The molecule has 3 fully saturated rings. The summed E-state index contributed by atoms with van der Waals surface area (Å²) < 4.78 is 44.2. The van der Waals surface area contributed by atoms with Gasteiger partial charge in [-0.2, -0.15) is 0 Å². The summed E-state index contributed by atoms with van der Waals surface area (Å²) in [5.41, 5.74) is -0.502. The van der Waals surface area contributed by atoms with Gasteiger partial charge in [-0.1, -0.05) is 12.1 Å². The highest BCUT2D eigenvalue weighted by atomic mass is 16.8. The summed E-state index contributed by atoms with van der Waals surface area (Å²) in [5.74, 6) is -7.84. The molecule has 25 nitrogen and oxygen atoms in total. The molecule has 15 atom stereocenters. The molecule has 0 amide bonds. The Hall–Kier alpha value is -6.75. The van der Waals surface area contributed by atoms with Crippen molar-refractivity contribution < 1.29 is 118 Å². The van der Waals surface area contributed by atoms with E-state index >= 15 is 0 Å². The van der Waals surface area contributed by atoms with Crippen LogP contribution in [0.15, 0.2) is 82.0 Å². The van der Waals surface area contributed by atoms with Crippen molar-refractivity contribution in [2.24, 2.45) is 0 Å². The highest BCUT2D eigenvalue weighted by Crippen LogP contribution is 2.36. The van der Waals surface area contributed by atoms with Crippen LogP contribution in [0, 0.1) is 0 Å². The number of phenolic OH excluding ortho intramolecular Hbond substituents is 2. The topological polar surface area (TPSA) is 406 Å². The lowest BCUT2D eigenvalue weighted by molar-refractivity contribution is -0.350. The lowest BCUT2D eigenvalue weighted by Crippen LogP contribution is -2.66. The SMILES string of the molecule is O=C(/C=C/c1ccc(O)cc1)OC1[C@H](OC2[C@H](Oc3ccc(-c4cc(=O)c5c(O)cc(O[C@@H]6OC(C(=O)O)[C@@H](O)[C@H](O)C6O)cc5o4)cc3)OC(C(=O)O)[C@@H](O)[C@@H]2O)OC(C(=O)O)[C@@H](O)[C@@H]1O. The smallest absolute Gasteiger partial charge is 0.335 e. The number of carbonyl (C=O) groups excluding carboxylic acids is 1. The standard InChI is InChI=1S/C42H40O25/c43-16-6-1-14(2-7-16)3-10-23(46)63-35-29(51)27(49)34(39(58)59)66-42(35)67-36-30(52)28(50)33(38(56)57)65-41(36)60-17-8-4-15(5-9-17)21-13-20(45)24-19(44)11-18(12-22(24)62-21)61-40-31(53)25(47)26(48)32(64-40)37(54)55/h1-13,25-36,40-44,47-53H,(H,54,55)(H,56,57)(H,58,59)/b10-3+/t25-,26-,27-,28-,29-,30-,31?,32?,33?,34?,35?,36?,40+,41+,42-/m0/s1. The van der Waals surface area contributed by atoms with Gasteiger partial charge in [-0.15, -0.1) is 0 Å². The quantitative estimate of drug-likeness (QED) is 0.0491. The van der Waals surface area contributed by atoms with E-state index in [0.717, 1.165) is 24.3 Å². The fourth-order valence-electron chi connectivity index (χ4n) is 7.20. The van der Waals surface area contributed by atoms with Crippen LogP contribution in [0.4, 0.5) is 0 Å². The summed E-state index contributed by atoms with van der Waals surface area (Å²) >= 11 is 0. The van der Waals surface area contributed by atoms with Crippen molar-refractivity contribution in [1.82, 2.24) is 0 Å². The third-order valence-electron chi connectivity index (χ3n) is 10.7. The van der Waals surface area contributed by atoms with E-state index in [-0.39, 0.29) is 39.5 Å². The fourth-order valence-corrected chi connectivity index (χ4v) is 7.20. The molecule has 0 spiro atoms. The zero-order chi connectivity index (χ0) is 48.6. The van der Waals surface area contributed by atoms with Crippen LogP contribution in [0.25, 0.3) is 28.4 Å². The number of rotatable bonds is 13. The molecule has 0 radical (unpaired) electrons. The second-order valence-electron chi connectivity index (χ2n) is 15.2. The number of ether oxygens (including phenoxy) is 7. The lowest BCUT2D eigenvalue weighted by atomic mass is 9.96. The number of aliphatic hydroxyl groups is 7. The Bertz CT molecular complexity index is 2560. The third kappa shape index (κ3) is 10.2. The van der Waals surface area contributed by atoms with Crippen LogP contribution >= 0.6 is 0 Å². The predicted octanol–water partition coefficient (Wildman–Crippen LogP) is -2.41. The van der Waals surface area contributed by atoms with Gasteiger partial charge in [0.2, 0.25) is 12.6 Å². The van der Waals surface area contributed by atoms with E-state index in [1.165, 1.54) is 54.6 Å². The average molecular weight is 945 g/mol. The molecule has 0 bridgehead atoms. The largest absolute Gasteiger partial charge is 0.508 e. The number of phenols is 2. The summed E-state index contributed by atoms with van der Waals surface area (Å²) in [7, 11) is 0. The maximum atomic E-state index is 13.2. The fraction of sp³-hybridized carbons (Fsp3) is 0.357. The molecule has 3 aromatic carbocycles. The molecule has 0 aliphatic carbocycles. The minimum atomic E-state index is -2.24. The van der Waals surface area contributed by atoms with Crippen molar-refractivity contribution in [3.63, 3.8) is 0 Å². The van der Waals surface area contributed by atoms with Gasteiger partial charge in [0.05, 0.1) is 0 Å². The number of hydrogen-bond donors (Lipinski definition) is 12. The minimum Gasteiger partial charge on any atom is -0.508 e. The summed E-state index contributed by atoms with van der Waals surface area (Å²) in [4.78, 5) is 61.7. The van der Waals surface area contributed by atoms with E-state index in [9.17, 15) is 85.3 Å². The van der Waals surface area contributed by atoms with Crippen molar-refractivity contribution in [1.29, 1.82) is 0 Å². The summed E-state index contributed by atoms with van der Waals surface area (Å²) in [6.07, 6.45) is -29.4. The normalized spacial score (nSPS) is 32.1. The van der Waals surface area contributed by atoms with Crippen LogP contribution in [0.5, 0.6) is 23.0 Å². The van der Waals surface area contributed by atoms with Crippen molar-refractivity contribution in [2.75, 3.05) is 0 Å². The zero-order valence-electron chi connectivity index (χ0n) is 33.8. The van der Waals surface area contributed by atoms with Crippen molar-refractivity contribution in [2.45, 2.75) is 92.1 Å². The summed E-state index contributed by atoms with van der Waals surface area (Å²) in [6, 6.07) is 13.6. The highest BCUT2D eigenvalue weighted by molar-refractivity contribution is 5.87. The monoisotopic (exact) mass is 944 g/mol. The van der Waals surface area contributed by atoms with Gasteiger partial charge in [0.15, 0.2) is 42.2 Å². The van der Waals surface area contributed by atoms with Gasteiger partial charge in [-0.25, -0.2) is 19.2 Å². The number of aliphatic hydroxyl groups excluding tert-OH is 7. The van der Waals surface area contributed by atoms with E-state index < -0.39 is 127 Å². The molecule has 6 unspecified atom stereocenters. The van der Waals surface area contributed by atoms with Crippen LogP contribution < -0.4 is 14.9 Å². The Morgan fingerprint density at radius 2 is 1.10 bits per heavy atom. The number of fused-ring (bicyclic) bond motifs is 1. The molecule has 3 aliphatic heterocycles. The molecule has 3 aliphatic rings. The van der Waals surface area contributed by atoms with E-state index in [2.05, 4.69) is 0 Å². The molecule has 0 saturated carbocycles. The Morgan fingerprint density at radius 1 is 0.567 bits per heavy atom. The second kappa shape index (κ2) is 19.6. The van der Waals surface area contributed by atoms with Gasteiger partial charge in [-0.05, 0) is 48.0 Å². The Kier molecular flexibility index (Phi) is 14.1. The van der Waals surface area contributed by atoms with Crippen molar-refractivity contribution >= 4 is 40.9 Å². The molecule has 12 N–H and O–H groups in total. The van der Waals surface area contributed by atoms with Crippen LogP contribution in [0.3, 0.4) is 0 Å². The van der Waals surface area contributed by atoms with E-state index in [1.807, 2.05) is 0 Å². The van der Waals surface area contributed by atoms with Crippen LogP contribution in [-0.4, -0.2) is 177 Å². The van der Waals surface area contributed by atoms with Crippen LogP contribution in [0.2, 0.25) is 0 Å². The predicted molar refractivity (Wildman–Crippen MR) is 214 cm³/mol. The van der Waals surface area contributed by atoms with Gasteiger partial charge < -0.3 is 98.9 Å². The van der Waals surface area contributed by atoms with Crippen LogP contribution in [-0.2, 0) is 42.9 Å². The maximum absolute atomic E-state index is 13.2.